The minimum absolute atomic E-state index is 0.426. The van der Waals surface area contributed by atoms with Gasteiger partial charge in [0.05, 0.1) is 13.2 Å². The van der Waals surface area contributed by atoms with Gasteiger partial charge in [-0.2, -0.15) is 0 Å². The number of ether oxygens (including phenoxy) is 2. The van der Waals surface area contributed by atoms with Crippen LogP contribution in [-0.4, -0.2) is 53.2 Å². The molecule has 0 N–H and O–H groups in total. The summed E-state index contributed by atoms with van der Waals surface area (Å²) in [6.07, 6.45) is 3.49. The second-order valence-corrected chi connectivity index (χ2v) is 7.73. The Hall–Kier alpha value is -2.37. The van der Waals surface area contributed by atoms with Crippen LogP contribution in [0.1, 0.15) is 62.4 Å². The van der Waals surface area contributed by atoms with Crippen LogP contribution in [0.3, 0.4) is 0 Å². The monoisotopic (exact) mass is 442 g/mol. The van der Waals surface area contributed by atoms with Crippen LogP contribution in [0, 0.1) is 0 Å². The van der Waals surface area contributed by atoms with Crippen LogP contribution in [0.25, 0.3) is 0 Å². The molecule has 0 saturated heterocycles. The fraction of sp³-hybridized carbons (Fsp3) is 0.519. The van der Waals surface area contributed by atoms with Gasteiger partial charge in [0.25, 0.3) is 0 Å². The van der Waals surface area contributed by atoms with Crippen molar-refractivity contribution in [3.8, 4) is 5.75 Å². The molecule has 178 valence electrons. The van der Waals surface area contributed by atoms with Crippen LogP contribution in [0.2, 0.25) is 0 Å². The first-order valence-corrected chi connectivity index (χ1v) is 11.6. The van der Waals surface area contributed by atoms with Crippen LogP contribution in [0.15, 0.2) is 42.5 Å². The molecule has 2 aromatic carbocycles. The van der Waals surface area contributed by atoms with Crippen molar-refractivity contribution in [3.63, 3.8) is 0 Å². The number of hydrogen-bond acceptors (Lipinski definition) is 5. The molecule has 5 nitrogen and oxygen atoms in total. The Morgan fingerprint density at radius 1 is 1.09 bits per heavy atom. The molecule has 0 aromatic heterocycles. The quantitative estimate of drug-likeness (QED) is 0.595. The molecule has 0 radical (unpaired) electrons. The Kier molecular flexibility index (Phi) is 12.7. The van der Waals surface area contributed by atoms with E-state index in [1.807, 2.05) is 26.7 Å². The largest absolute Gasteiger partial charge is 0.497 e. The summed E-state index contributed by atoms with van der Waals surface area (Å²) in [6.45, 7) is 10.5. The smallest absolute Gasteiger partial charge is 0.119 e. The molecule has 2 heterocycles. The molecule has 0 aliphatic carbocycles. The maximum atomic E-state index is 8.00. The van der Waals surface area contributed by atoms with Crippen molar-refractivity contribution in [2.24, 2.45) is 0 Å². The molecule has 32 heavy (non-hydrogen) atoms. The summed E-state index contributed by atoms with van der Waals surface area (Å²) in [5.74, 6) is 0.953. The Bertz CT molecular complexity index is 796. The van der Waals surface area contributed by atoms with Crippen molar-refractivity contribution in [2.45, 2.75) is 52.1 Å². The predicted molar refractivity (Wildman–Crippen MR) is 135 cm³/mol. The molecule has 0 spiro atoms. The zero-order chi connectivity index (χ0) is 24.1. The van der Waals surface area contributed by atoms with Gasteiger partial charge in [-0.25, -0.2) is 0 Å². The highest BCUT2D eigenvalue weighted by atomic mass is 16.5. The van der Waals surface area contributed by atoms with Gasteiger partial charge < -0.3 is 19.2 Å². The molecule has 0 amide bonds. The van der Waals surface area contributed by atoms with Crippen molar-refractivity contribution >= 4 is 12.5 Å². The van der Waals surface area contributed by atoms with E-state index < -0.39 is 0 Å². The number of benzene rings is 2. The second kappa shape index (κ2) is 14.6. The normalized spacial score (nSPS) is 17.7. The number of para-hydroxylation sites is 1. The zero-order valence-corrected chi connectivity index (χ0v) is 21.1. The minimum atomic E-state index is 0.426. The van der Waals surface area contributed by atoms with E-state index in [2.05, 4.69) is 64.9 Å². The van der Waals surface area contributed by atoms with Crippen LogP contribution in [-0.2, 0) is 16.0 Å². The lowest BCUT2D eigenvalue weighted by molar-refractivity contribution is -0.0979. The highest BCUT2D eigenvalue weighted by molar-refractivity contribution is 5.67. The first-order chi connectivity index (χ1) is 15.6. The van der Waals surface area contributed by atoms with Gasteiger partial charge >= 0.3 is 0 Å². The fourth-order valence-corrected chi connectivity index (χ4v) is 4.65. The van der Waals surface area contributed by atoms with Crippen LogP contribution < -0.4 is 9.64 Å². The first kappa shape index (κ1) is 27.7. The number of carbonyl (C=O) groups is 1. The molecule has 2 aromatic rings. The SMILES string of the molecule is C=O.CC.CCCN(C)C1CC(c2cccc(OC)c2)N2CCc3cccc1c32.COC. The Morgan fingerprint density at radius 2 is 1.75 bits per heavy atom. The third-order valence-electron chi connectivity index (χ3n) is 5.83. The van der Waals surface area contributed by atoms with Crippen LogP contribution in [0.5, 0.6) is 5.75 Å². The molecule has 2 aliphatic rings. The molecule has 4 rings (SSSR count). The van der Waals surface area contributed by atoms with E-state index in [1.165, 1.54) is 28.8 Å². The molecule has 5 heteroatoms. The average molecular weight is 443 g/mol. The maximum Gasteiger partial charge on any atom is 0.119 e. The van der Waals surface area contributed by atoms with Gasteiger partial charge in [-0.15, -0.1) is 0 Å². The Morgan fingerprint density at radius 3 is 2.38 bits per heavy atom. The molecule has 0 bridgehead atoms. The molecule has 2 unspecified atom stereocenters. The maximum absolute atomic E-state index is 8.00. The molecular weight excluding hydrogens is 400 g/mol. The van der Waals surface area contributed by atoms with Crippen molar-refractivity contribution in [3.05, 3.63) is 59.2 Å². The van der Waals surface area contributed by atoms with E-state index in [0.717, 1.165) is 31.7 Å². The summed E-state index contributed by atoms with van der Waals surface area (Å²) in [7, 11) is 7.28. The third kappa shape index (κ3) is 6.33. The standard InChI is InChI=1S/C22H28N2O.C2H6O.C2H6.CH2O/c1-4-12-23(2)21-15-20(17-8-5-9-18(14-17)25-3)24-13-11-16-7-6-10-19(21)22(16)24;1-3-2;2*1-2/h5-10,14,20-21H,4,11-13,15H2,1-3H3;1-2H3;1-2H3;1H2. The van der Waals surface area contributed by atoms with E-state index >= 15 is 0 Å². The number of hydrogen-bond donors (Lipinski definition) is 0. The van der Waals surface area contributed by atoms with Gasteiger partial charge in [-0.1, -0.05) is 51.1 Å². The molecule has 0 saturated carbocycles. The lowest BCUT2D eigenvalue weighted by Gasteiger charge is -2.43. The number of methoxy groups -OCH3 is 2. The summed E-state index contributed by atoms with van der Waals surface area (Å²) >= 11 is 0. The van der Waals surface area contributed by atoms with Gasteiger partial charge in [0.15, 0.2) is 0 Å². The summed E-state index contributed by atoms with van der Waals surface area (Å²) in [5.41, 5.74) is 5.90. The Labute approximate surface area is 195 Å². The van der Waals surface area contributed by atoms with Crippen molar-refractivity contribution in [1.29, 1.82) is 0 Å². The first-order valence-electron chi connectivity index (χ1n) is 11.6. The number of carbonyl (C=O) groups excluding carboxylic acids is 1. The van der Waals surface area contributed by atoms with Gasteiger partial charge in [0, 0.05) is 32.5 Å². The Balaban J connectivity index is 0.000000662. The summed E-state index contributed by atoms with van der Waals surface area (Å²) < 4.78 is 9.73. The molecular formula is C27H42N2O3. The van der Waals surface area contributed by atoms with Crippen LogP contribution >= 0.6 is 0 Å². The van der Waals surface area contributed by atoms with Gasteiger partial charge in [-0.3, -0.25) is 4.90 Å². The summed E-state index contributed by atoms with van der Waals surface area (Å²) in [6, 6.07) is 16.4. The number of rotatable bonds is 5. The van der Waals surface area contributed by atoms with Gasteiger partial charge in [0.2, 0.25) is 0 Å². The highest BCUT2D eigenvalue weighted by Gasteiger charge is 2.38. The van der Waals surface area contributed by atoms with Gasteiger partial charge in [0.1, 0.15) is 12.5 Å². The lowest BCUT2D eigenvalue weighted by Crippen LogP contribution is -2.38. The topological polar surface area (TPSA) is 42.0 Å². The summed E-state index contributed by atoms with van der Waals surface area (Å²) in [4.78, 5) is 13.2. The molecule has 0 fully saturated rings. The highest BCUT2D eigenvalue weighted by Crippen LogP contribution is 2.50. The van der Waals surface area contributed by atoms with E-state index in [-0.39, 0.29) is 0 Å². The predicted octanol–water partition coefficient (Wildman–Crippen LogP) is 5.69. The van der Waals surface area contributed by atoms with Crippen molar-refractivity contribution < 1.29 is 14.3 Å². The zero-order valence-electron chi connectivity index (χ0n) is 21.1. The van der Waals surface area contributed by atoms with E-state index in [0.29, 0.717) is 12.1 Å². The van der Waals surface area contributed by atoms with Crippen molar-refractivity contribution in [2.75, 3.05) is 46.4 Å². The lowest BCUT2D eigenvalue weighted by atomic mass is 9.86. The fourth-order valence-electron chi connectivity index (χ4n) is 4.65. The van der Waals surface area contributed by atoms with Crippen LogP contribution in [0.4, 0.5) is 5.69 Å². The van der Waals surface area contributed by atoms with Crippen molar-refractivity contribution in [1.82, 2.24) is 4.90 Å². The van der Waals surface area contributed by atoms with E-state index in [4.69, 9.17) is 9.53 Å². The number of anilines is 1. The molecule has 2 aliphatic heterocycles. The minimum Gasteiger partial charge on any atom is -0.497 e. The van der Waals surface area contributed by atoms with Gasteiger partial charge in [-0.05, 0) is 61.7 Å². The van der Waals surface area contributed by atoms with E-state index in [9.17, 15) is 0 Å². The van der Waals surface area contributed by atoms with E-state index in [1.54, 1.807) is 21.3 Å². The average Bonchev–Trinajstić information content (AvgIpc) is 3.28. The number of nitrogens with zero attached hydrogens (tertiary/aromatic N) is 2. The summed E-state index contributed by atoms with van der Waals surface area (Å²) in [5, 5.41) is 0. The third-order valence-corrected chi connectivity index (χ3v) is 5.83. The molecule has 2 atom stereocenters. The second-order valence-electron chi connectivity index (χ2n) is 7.73.